The molecular weight excluding hydrogens is 353 g/mol. The molecule has 0 aliphatic carbocycles. The van der Waals surface area contributed by atoms with Crippen LogP contribution >= 0.6 is 0 Å². The van der Waals surface area contributed by atoms with Crippen molar-refractivity contribution in [3.05, 3.63) is 56.9 Å². The van der Waals surface area contributed by atoms with E-state index >= 15 is 0 Å². The van der Waals surface area contributed by atoms with Crippen molar-refractivity contribution in [1.82, 2.24) is 9.13 Å². The Morgan fingerprint density at radius 1 is 1.12 bits per heavy atom. The molecule has 1 heterocycles. The first-order chi connectivity index (χ1) is 10.9. The van der Waals surface area contributed by atoms with Gasteiger partial charge in [-0.15, -0.1) is 0 Å². The maximum atomic E-state index is 12.6. The highest BCUT2D eigenvalue weighted by Gasteiger charge is 2.31. The zero-order valence-electron chi connectivity index (χ0n) is 12.4. The van der Waals surface area contributed by atoms with Gasteiger partial charge >= 0.3 is 22.0 Å². The number of halogens is 3. The van der Waals surface area contributed by atoms with Crippen LogP contribution in [0.5, 0.6) is 5.75 Å². The molecule has 1 aromatic carbocycles. The highest BCUT2D eigenvalue weighted by atomic mass is 32.2. The average molecular weight is 364 g/mol. The monoisotopic (exact) mass is 364 g/mol. The smallest absolute Gasteiger partial charge is 0.379 e. The van der Waals surface area contributed by atoms with Crippen LogP contribution < -0.4 is 15.4 Å². The molecular formula is C13H11F3N2O5S. The summed E-state index contributed by atoms with van der Waals surface area (Å²) < 4.78 is 68.2. The normalized spacial score (nSPS) is 12.2. The summed E-state index contributed by atoms with van der Waals surface area (Å²) in [7, 11) is -2.45. The summed E-state index contributed by atoms with van der Waals surface area (Å²) in [4.78, 5) is 22.6. The molecule has 0 bridgehead atoms. The molecule has 0 spiro atoms. The standard InChI is InChI=1S/C13H11F3N2O5S/c1-17-7-10(11(19)18(2)12(17)20)24(21,22)23-9-5-3-4-8(6-9)13(14,15)16/h3-7H,1-2H3. The van der Waals surface area contributed by atoms with E-state index in [2.05, 4.69) is 4.18 Å². The third-order valence-corrected chi connectivity index (χ3v) is 4.28. The molecule has 130 valence electrons. The SMILES string of the molecule is Cn1cc(S(=O)(=O)Oc2cccc(C(F)(F)F)c2)c(=O)n(C)c1=O. The average Bonchev–Trinajstić information content (AvgIpc) is 2.47. The van der Waals surface area contributed by atoms with Crippen molar-refractivity contribution in [2.45, 2.75) is 11.1 Å². The van der Waals surface area contributed by atoms with Crippen LogP contribution in [0.2, 0.25) is 0 Å². The number of nitrogens with zero attached hydrogens (tertiary/aromatic N) is 2. The van der Waals surface area contributed by atoms with Crippen molar-refractivity contribution < 1.29 is 25.8 Å². The van der Waals surface area contributed by atoms with E-state index < -0.39 is 43.8 Å². The molecule has 2 rings (SSSR count). The molecule has 0 amide bonds. The number of aryl methyl sites for hydroxylation is 1. The first kappa shape index (κ1) is 17.8. The largest absolute Gasteiger partial charge is 0.416 e. The molecule has 0 N–H and O–H groups in total. The van der Waals surface area contributed by atoms with Gasteiger partial charge in [0.1, 0.15) is 5.75 Å². The first-order valence-corrected chi connectivity index (χ1v) is 7.73. The van der Waals surface area contributed by atoms with Crippen molar-refractivity contribution in [2.24, 2.45) is 14.1 Å². The van der Waals surface area contributed by atoms with E-state index in [4.69, 9.17) is 0 Å². The second-order valence-electron chi connectivity index (χ2n) is 4.81. The van der Waals surface area contributed by atoms with Gasteiger partial charge in [0, 0.05) is 20.3 Å². The lowest BCUT2D eigenvalue weighted by atomic mass is 10.2. The van der Waals surface area contributed by atoms with E-state index in [0.29, 0.717) is 10.6 Å². The fourth-order valence-corrected chi connectivity index (χ4v) is 2.93. The summed E-state index contributed by atoms with van der Waals surface area (Å²) in [6.07, 6.45) is -3.94. The molecule has 0 saturated carbocycles. The van der Waals surface area contributed by atoms with Gasteiger partial charge in [-0.05, 0) is 18.2 Å². The van der Waals surface area contributed by atoms with E-state index in [9.17, 15) is 31.2 Å². The van der Waals surface area contributed by atoms with Gasteiger partial charge in [-0.1, -0.05) is 6.07 Å². The topological polar surface area (TPSA) is 87.4 Å². The second-order valence-corrected chi connectivity index (χ2v) is 6.33. The Labute approximate surface area is 133 Å². The molecule has 0 saturated heterocycles. The zero-order valence-corrected chi connectivity index (χ0v) is 13.2. The third-order valence-electron chi connectivity index (χ3n) is 3.05. The van der Waals surface area contributed by atoms with Gasteiger partial charge < -0.3 is 8.75 Å². The molecule has 0 fully saturated rings. The van der Waals surface area contributed by atoms with Crippen LogP contribution in [0.3, 0.4) is 0 Å². The molecule has 0 aliphatic heterocycles. The number of aromatic nitrogens is 2. The molecule has 0 unspecified atom stereocenters. The van der Waals surface area contributed by atoms with Gasteiger partial charge in [0.15, 0.2) is 4.90 Å². The summed E-state index contributed by atoms with van der Waals surface area (Å²) >= 11 is 0. The number of hydrogen-bond donors (Lipinski definition) is 0. The maximum absolute atomic E-state index is 12.6. The van der Waals surface area contributed by atoms with Crippen LogP contribution in [0.4, 0.5) is 13.2 Å². The Bertz CT molecular complexity index is 1010. The minimum absolute atomic E-state index is 0.490. The van der Waals surface area contributed by atoms with E-state index in [-0.39, 0.29) is 0 Å². The molecule has 7 nitrogen and oxygen atoms in total. The van der Waals surface area contributed by atoms with Crippen molar-refractivity contribution in [3.63, 3.8) is 0 Å². The highest BCUT2D eigenvalue weighted by Crippen LogP contribution is 2.31. The molecule has 24 heavy (non-hydrogen) atoms. The molecule has 1 aromatic heterocycles. The van der Waals surface area contributed by atoms with Crippen molar-refractivity contribution in [1.29, 1.82) is 0 Å². The van der Waals surface area contributed by atoms with Gasteiger partial charge in [-0.25, -0.2) is 4.79 Å². The summed E-state index contributed by atoms with van der Waals surface area (Å²) in [5.41, 5.74) is -3.02. The lowest BCUT2D eigenvalue weighted by molar-refractivity contribution is -0.137. The molecule has 0 radical (unpaired) electrons. The molecule has 11 heteroatoms. The van der Waals surface area contributed by atoms with Crippen LogP contribution in [-0.2, 0) is 30.4 Å². The van der Waals surface area contributed by atoms with E-state index in [1.54, 1.807) is 0 Å². The summed E-state index contributed by atoms with van der Waals surface area (Å²) in [6.45, 7) is 0. The van der Waals surface area contributed by atoms with Gasteiger partial charge in [-0.3, -0.25) is 9.36 Å². The lowest BCUT2D eigenvalue weighted by Crippen LogP contribution is -2.39. The van der Waals surface area contributed by atoms with Gasteiger partial charge in [0.25, 0.3) is 5.56 Å². The van der Waals surface area contributed by atoms with E-state index in [1.165, 1.54) is 7.05 Å². The minimum atomic E-state index is -4.73. The van der Waals surface area contributed by atoms with Gasteiger partial charge in [0.05, 0.1) is 5.56 Å². The fraction of sp³-hybridized carbons (Fsp3) is 0.231. The van der Waals surface area contributed by atoms with E-state index in [0.717, 1.165) is 36.0 Å². The summed E-state index contributed by atoms with van der Waals surface area (Å²) in [5, 5.41) is 0. The fourth-order valence-electron chi connectivity index (χ4n) is 1.84. The minimum Gasteiger partial charge on any atom is -0.379 e. The van der Waals surface area contributed by atoms with Gasteiger partial charge in [0.2, 0.25) is 0 Å². The van der Waals surface area contributed by atoms with Crippen LogP contribution in [0, 0.1) is 0 Å². The van der Waals surface area contributed by atoms with Crippen molar-refractivity contribution in [3.8, 4) is 5.75 Å². The van der Waals surface area contributed by atoms with Crippen LogP contribution in [0.15, 0.2) is 44.9 Å². The first-order valence-electron chi connectivity index (χ1n) is 6.32. The number of hydrogen-bond acceptors (Lipinski definition) is 5. The molecule has 0 aliphatic rings. The van der Waals surface area contributed by atoms with Gasteiger partial charge in [-0.2, -0.15) is 21.6 Å². The van der Waals surface area contributed by atoms with Crippen LogP contribution in [0.25, 0.3) is 0 Å². The number of rotatable bonds is 3. The van der Waals surface area contributed by atoms with E-state index in [1.807, 2.05) is 0 Å². The van der Waals surface area contributed by atoms with Crippen LogP contribution in [-0.4, -0.2) is 17.6 Å². The number of alkyl halides is 3. The Morgan fingerprint density at radius 2 is 1.75 bits per heavy atom. The third kappa shape index (κ3) is 3.35. The summed E-state index contributed by atoms with van der Waals surface area (Å²) in [6, 6.07) is 3.19. The zero-order chi connectivity index (χ0) is 18.3. The predicted octanol–water partition coefficient (Wildman–Crippen LogP) is 0.870. The second kappa shape index (κ2) is 5.82. The summed E-state index contributed by atoms with van der Waals surface area (Å²) in [5.74, 6) is -0.610. The Morgan fingerprint density at radius 3 is 2.33 bits per heavy atom. The van der Waals surface area contributed by atoms with Crippen molar-refractivity contribution in [2.75, 3.05) is 0 Å². The Hall–Kier alpha value is -2.56. The van der Waals surface area contributed by atoms with Crippen molar-refractivity contribution >= 4 is 10.1 Å². The quantitative estimate of drug-likeness (QED) is 0.755. The van der Waals surface area contributed by atoms with Crippen LogP contribution in [0.1, 0.15) is 5.56 Å². The molecule has 2 aromatic rings. The molecule has 0 atom stereocenters. The number of benzene rings is 1. The predicted molar refractivity (Wildman–Crippen MR) is 76.2 cm³/mol. The highest BCUT2D eigenvalue weighted by molar-refractivity contribution is 7.87. The Balaban J connectivity index is 2.51. The maximum Gasteiger partial charge on any atom is 0.416 e. The Kier molecular flexibility index (Phi) is 4.31. The lowest BCUT2D eigenvalue weighted by Gasteiger charge is -2.11.